The SMILES string of the molecule is CN[C@H]1CNC2=CC=C(N[I-]C)CC2N(C)C1O. The molecule has 4 N–H and O–H groups in total. The van der Waals surface area contributed by atoms with Gasteiger partial charge in [-0.2, -0.15) is 0 Å². The summed E-state index contributed by atoms with van der Waals surface area (Å²) in [6, 6.07) is 0.290. The van der Waals surface area contributed by atoms with Crippen molar-refractivity contribution in [2.24, 2.45) is 0 Å². The molecular formula is C12H22IN4O-. The van der Waals surface area contributed by atoms with Crippen LogP contribution in [0.25, 0.3) is 0 Å². The maximum absolute atomic E-state index is 10.3. The molecule has 2 aliphatic rings. The Balaban J connectivity index is 2.16. The van der Waals surface area contributed by atoms with E-state index in [0.717, 1.165) is 13.0 Å². The Bertz CT molecular complexity index is 358. The summed E-state index contributed by atoms with van der Waals surface area (Å²) in [6.45, 7) is 0.752. The number of aliphatic hydroxyl groups is 1. The zero-order chi connectivity index (χ0) is 13.1. The first-order valence-corrected chi connectivity index (χ1v) is 9.37. The van der Waals surface area contributed by atoms with Crippen molar-refractivity contribution >= 4 is 0 Å². The van der Waals surface area contributed by atoms with E-state index in [1.165, 1.54) is 11.4 Å². The minimum absolute atomic E-state index is 0.0502. The van der Waals surface area contributed by atoms with Crippen LogP contribution in [0, 0.1) is 0 Å². The minimum atomic E-state index is -0.464. The standard InChI is InChI=1S/C12H22IN4O/c1-13-16-8-4-5-9-11(6-8)17(3)12(18)10(14-2)7-15-9/h4-5,10-12,14-16,18H,6-7H2,1-3H3/q-1/t10-,11?,12?/m0/s1. The Labute approximate surface area is 119 Å². The second-order valence-corrected chi connectivity index (χ2v) is 6.29. The van der Waals surface area contributed by atoms with Gasteiger partial charge in [0.25, 0.3) is 0 Å². The van der Waals surface area contributed by atoms with Gasteiger partial charge in [0.1, 0.15) is 0 Å². The van der Waals surface area contributed by atoms with Crippen molar-refractivity contribution in [1.29, 1.82) is 0 Å². The van der Waals surface area contributed by atoms with E-state index in [-0.39, 0.29) is 33.6 Å². The van der Waals surface area contributed by atoms with Crippen LogP contribution >= 0.6 is 0 Å². The molecule has 3 atom stereocenters. The molecule has 0 amide bonds. The van der Waals surface area contributed by atoms with Gasteiger partial charge in [-0.1, -0.05) is 0 Å². The Kier molecular flexibility index (Phi) is 4.88. The number of alkyl halides is 1. The van der Waals surface area contributed by atoms with Gasteiger partial charge in [0, 0.05) is 0 Å². The van der Waals surface area contributed by atoms with Crippen LogP contribution in [0.5, 0.6) is 0 Å². The predicted octanol–water partition coefficient (Wildman–Crippen LogP) is -3.81. The van der Waals surface area contributed by atoms with E-state index in [1.807, 2.05) is 14.1 Å². The predicted molar refractivity (Wildman–Crippen MR) is 68.3 cm³/mol. The first-order chi connectivity index (χ1) is 8.67. The van der Waals surface area contributed by atoms with E-state index in [0.29, 0.717) is 0 Å². The topological polar surface area (TPSA) is 59.6 Å². The average molecular weight is 365 g/mol. The first-order valence-electron chi connectivity index (χ1n) is 6.13. The molecule has 1 heterocycles. The van der Waals surface area contributed by atoms with Gasteiger partial charge in [0.2, 0.25) is 0 Å². The number of hydrogen-bond acceptors (Lipinski definition) is 5. The van der Waals surface area contributed by atoms with Crippen molar-refractivity contribution in [3.05, 3.63) is 23.5 Å². The molecule has 0 saturated carbocycles. The van der Waals surface area contributed by atoms with Crippen LogP contribution in [-0.2, 0) is 0 Å². The van der Waals surface area contributed by atoms with E-state index in [1.54, 1.807) is 0 Å². The van der Waals surface area contributed by atoms with Crippen LogP contribution in [0.15, 0.2) is 23.5 Å². The molecule has 0 spiro atoms. The van der Waals surface area contributed by atoms with Crippen LogP contribution in [-0.4, -0.2) is 53.9 Å². The molecule has 0 aromatic carbocycles. The van der Waals surface area contributed by atoms with E-state index >= 15 is 0 Å². The molecule has 0 bridgehead atoms. The molecule has 1 saturated heterocycles. The maximum atomic E-state index is 10.3. The van der Waals surface area contributed by atoms with Gasteiger partial charge in [-0.3, -0.25) is 0 Å². The number of likely N-dealkylation sites (N-methyl/N-ethyl adjacent to an activating group) is 2. The molecule has 5 nitrogen and oxygen atoms in total. The number of nitrogens with one attached hydrogen (secondary N) is 3. The third kappa shape index (κ3) is 2.81. The van der Waals surface area contributed by atoms with Crippen molar-refractivity contribution in [3.63, 3.8) is 0 Å². The van der Waals surface area contributed by atoms with E-state index in [4.69, 9.17) is 0 Å². The molecule has 2 unspecified atom stereocenters. The van der Waals surface area contributed by atoms with Crippen molar-refractivity contribution in [3.8, 4) is 0 Å². The third-order valence-corrected chi connectivity index (χ3v) is 4.85. The van der Waals surface area contributed by atoms with Gasteiger partial charge in [0.05, 0.1) is 0 Å². The van der Waals surface area contributed by atoms with Crippen LogP contribution < -0.4 is 35.6 Å². The number of halogens is 1. The molecule has 18 heavy (non-hydrogen) atoms. The number of allylic oxidation sites excluding steroid dienone is 2. The van der Waals surface area contributed by atoms with Gasteiger partial charge in [-0.25, -0.2) is 0 Å². The molecule has 6 heteroatoms. The van der Waals surface area contributed by atoms with Crippen LogP contribution in [0.4, 0.5) is 0 Å². The van der Waals surface area contributed by atoms with E-state index in [2.05, 4.69) is 36.1 Å². The fraction of sp³-hybridized carbons (Fsp3) is 0.667. The average Bonchev–Trinajstić information content (AvgIpc) is 2.50. The Morgan fingerprint density at radius 1 is 1.50 bits per heavy atom. The zero-order valence-corrected chi connectivity index (χ0v) is 13.2. The normalized spacial score (nSPS) is 33.0. The van der Waals surface area contributed by atoms with E-state index in [9.17, 15) is 5.11 Å². The molecule has 1 fully saturated rings. The molecular weight excluding hydrogens is 343 g/mol. The van der Waals surface area contributed by atoms with Gasteiger partial charge in [-0.05, 0) is 0 Å². The summed E-state index contributed by atoms with van der Waals surface area (Å²) in [6.07, 6.45) is 4.77. The zero-order valence-electron chi connectivity index (χ0n) is 11.1. The van der Waals surface area contributed by atoms with Crippen molar-refractivity contribution in [2.75, 3.05) is 25.6 Å². The summed E-state index contributed by atoms with van der Waals surface area (Å²) in [5.74, 6) is 0. The quantitative estimate of drug-likeness (QED) is 0.235. The Morgan fingerprint density at radius 3 is 2.94 bits per heavy atom. The number of fused-ring (bicyclic) bond motifs is 1. The van der Waals surface area contributed by atoms with Gasteiger partial charge < -0.3 is 0 Å². The molecule has 1 aliphatic carbocycles. The van der Waals surface area contributed by atoms with Gasteiger partial charge >= 0.3 is 119 Å². The molecule has 0 radical (unpaired) electrons. The molecule has 104 valence electrons. The summed E-state index contributed by atoms with van der Waals surface area (Å²) >= 11 is 0.0502. The monoisotopic (exact) mass is 365 g/mol. The van der Waals surface area contributed by atoms with Crippen molar-refractivity contribution in [2.45, 2.75) is 24.7 Å². The number of hydrogen-bond donors (Lipinski definition) is 4. The number of aliphatic hydroxyl groups excluding tert-OH is 1. The molecule has 1 aliphatic heterocycles. The van der Waals surface area contributed by atoms with Crippen LogP contribution in [0.1, 0.15) is 6.42 Å². The fourth-order valence-corrected chi connectivity index (χ4v) is 3.56. The second kappa shape index (κ2) is 6.23. The molecule has 0 aromatic rings. The Morgan fingerprint density at radius 2 is 2.28 bits per heavy atom. The third-order valence-electron chi connectivity index (χ3n) is 3.62. The number of rotatable bonds is 3. The van der Waals surface area contributed by atoms with Crippen molar-refractivity contribution in [1.82, 2.24) is 19.1 Å². The summed E-state index contributed by atoms with van der Waals surface area (Å²) in [5, 5.41) is 16.9. The van der Waals surface area contributed by atoms with Gasteiger partial charge in [-0.15, -0.1) is 0 Å². The summed E-state index contributed by atoms with van der Waals surface area (Å²) in [4.78, 5) is 4.26. The van der Waals surface area contributed by atoms with Crippen LogP contribution in [0.3, 0.4) is 0 Å². The molecule has 2 rings (SSSR count). The van der Waals surface area contributed by atoms with Crippen LogP contribution in [0.2, 0.25) is 0 Å². The first kappa shape index (κ1) is 14.1. The second-order valence-electron chi connectivity index (χ2n) is 4.67. The number of nitrogens with zero attached hydrogens (tertiary/aromatic N) is 1. The summed E-state index contributed by atoms with van der Waals surface area (Å²) in [5.41, 5.74) is 2.48. The molecule has 0 aromatic heterocycles. The van der Waals surface area contributed by atoms with Crippen molar-refractivity contribution < 1.29 is 26.6 Å². The van der Waals surface area contributed by atoms with E-state index < -0.39 is 6.23 Å². The summed E-state index contributed by atoms with van der Waals surface area (Å²) in [7, 11) is 3.88. The Hall–Kier alpha value is -0.310. The fourth-order valence-electron chi connectivity index (χ4n) is 2.47. The van der Waals surface area contributed by atoms with Gasteiger partial charge in [0.15, 0.2) is 0 Å². The summed E-state index contributed by atoms with van der Waals surface area (Å²) < 4.78 is 3.47.